The second kappa shape index (κ2) is 6.07. The normalized spacial score (nSPS) is 12.3. The van der Waals surface area contributed by atoms with Gasteiger partial charge < -0.3 is 15.4 Å². The first-order chi connectivity index (χ1) is 7.65. The molecular weight excluding hydrogens is 208 g/mol. The van der Waals surface area contributed by atoms with Gasteiger partial charge in [-0.05, 0) is 31.4 Å². The molecule has 0 amide bonds. The Bertz CT molecular complexity index is 360. The first kappa shape index (κ1) is 12.4. The molecule has 1 unspecified atom stereocenters. The molecule has 3 N–H and O–H groups in total. The minimum Gasteiger partial charge on any atom is -0.480 e. The molecule has 0 aromatic carbocycles. The summed E-state index contributed by atoms with van der Waals surface area (Å²) in [6.45, 7) is 0.716. The molecule has 5 nitrogen and oxygen atoms in total. The lowest BCUT2D eigenvalue weighted by atomic mass is 10.1. The lowest BCUT2D eigenvalue weighted by molar-refractivity contribution is -0.138. The molecule has 0 spiro atoms. The SMILES string of the molecule is NC(CCCCn1cccc1C=O)C(=O)O. The van der Waals surface area contributed by atoms with Crippen LogP contribution < -0.4 is 5.73 Å². The van der Waals surface area contributed by atoms with E-state index in [9.17, 15) is 9.59 Å². The number of aliphatic carboxylic acids is 1. The standard InChI is InChI=1S/C11H16N2O3/c12-10(11(15)16)5-1-2-6-13-7-3-4-9(13)8-14/h3-4,7-8,10H,1-2,5-6,12H2,(H,15,16). The number of carbonyl (C=O) groups is 2. The Morgan fingerprint density at radius 3 is 2.94 bits per heavy atom. The molecule has 88 valence electrons. The van der Waals surface area contributed by atoms with E-state index in [1.165, 1.54) is 0 Å². The maximum Gasteiger partial charge on any atom is 0.320 e. The summed E-state index contributed by atoms with van der Waals surface area (Å²) in [7, 11) is 0. The highest BCUT2D eigenvalue weighted by Crippen LogP contribution is 2.05. The molecule has 1 heterocycles. The molecule has 0 fully saturated rings. The molecule has 0 aliphatic carbocycles. The summed E-state index contributed by atoms with van der Waals surface area (Å²) in [5, 5.41) is 8.57. The van der Waals surface area contributed by atoms with Crippen molar-refractivity contribution in [2.24, 2.45) is 5.73 Å². The Morgan fingerprint density at radius 1 is 1.56 bits per heavy atom. The first-order valence-corrected chi connectivity index (χ1v) is 5.24. The molecule has 0 aliphatic heterocycles. The van der Waals surface area contributed by atoms with Gasteiger partial charge in [-0.15, -0.1) is 0 Å². The van der Waals surface area contributed by atoms with Crippen LogP contribution in [-0.4, -0.2) is 28.0 Å². The van der Waals surface area contributed by atoms with Gasteiger partial charge in [0.15, 0.2) is 6.29 Å². The summed E-state index contributed by atoms with van der Waals surface area (Å²) < 4.78 is 1.85. The Kier molecular flexibility index (Phi) is 4.72. The lowest BCUT2D eigenvalue weighted by Gasteiger charge is -2.07. The summed E-state index contributed by atoms with van der Waals surface area (Å²) in [5.41, 5.74) is 6.01. The molecule has 0 bridgehead atoms. The highest BCUT2D eigenvalue weighted by atomic mass is 16.4. The molecule has 0 aliphatic rings. The van der Waals surface area contributed by atoms with Crippen molar-refractivity contribution < 1.29 is 14.7 Å². The van der Waals surface area contributed by atoms with Crippen LogP contribution in [0.3, 0.4) is 0 Å². The average molecular weight is 224 g/mol. The van der Waals surface area contributed by atoms with Crippen LogP contribution >= 0.6 is 0 Å². The van der Waals surface area contributed by atoms with Crippen molar-refractivity contribution in [3.63, 3.8) is 0 Å². The van der Waals surface area contributed by atoms with Crippen molar-refractivity contribution in [3.05, 3.63) is 24.0 Å². The third-order valence-corrected chi connectivity index (χ3v) is 2.47. The fourth-order valence-electron chi connectivity index (χ4n) is 1.51. The number of nitrogens with two attached hydrogens (primary N) is 1. The highest BCUT2D eigenvalue weighted by molar-refractivity contribution is 5.73. The van der Waals surface area contributed by atoms with Crippen molar-refractivity contribution in [1.82, 2.24) is 4.57 Å². The van der Waals surface area contributed by atoms with Crippen molar-refractivity contribution in [2.75, 3.05) is 0 Å². The number of nitrogens with zero attached hydrogens (tertiary/aromatic N) is 1. The monoisotopic (exact) mass is 224 g/mol. The van der Waals surface area contributed by atoms with Gasteiger partial charge in [0.05, 0.1) is 5.69 Å². The van der Waals surface area contributed by atoms with E-state index < -0.39 is 12.0 Å². The highest BCUT2D eigenvalue weighted by Gasteiger charge is 2.10. The minimum atomic E-state index is -0.963. The van der Waals surface area contributed by atoms with E-state index in [2.05, 4.69) is 0 Å². The summed E-state index contributed by atoms with van der Waals surface area (Å²) in [5.74, 6) is -0.963. The maximum atomic E-state index is 10.6. The van der Waals surface area contributed by atoms with Crippen molar-refractivity contribution in [2.45, 2.75) is 31.8 Å². The van der Waals surface area contributed by atoms with Gasteiger partial charge in [0.25, 0.3) is 0 Å². The van der Waals surface area contributed by atoms with E-state index in [-0.39, 0.29) is 0 Å². The number of carboxylic acid groups (broad SMARTS) is 1. The van der Waals surface area contributed by atoms with Gasteiger partial charge in [-0.25, -0.2) is 0 Å². The van der Waals surface area contributed by atoms with Crippen LogP contribution in [0.15, 0.2) is 18.3 Å². The number of aryl methyl sites for hydroxylation is 1. The third kappa shape index (κ3) is 3.51. The molecule has 0 saturated heterocycles. The van der Waals surface area contributed by atoms with Crippen LogP contribution in [0, 0.1) is 0 Å². The zero-order valence-electron chi connectivity index (χ0n) is 9.00. The summed E-state index contributed by atoms with van der Waals surface area (Å²) >= 11 is 0. The molecular formula is C11H16N2O3. The largest absolute Gasteiger partial charge is 0.480 e. The third-order valence-electron chi connectivity index (χ3n) is 2.47. The van der Waals surface area contributed by atoms with Crippen LogP contribution in [0.25, 0.3) is 0 Å². The predicted molar refractivity (Wildman–Crippen MR) is 59.3 cm³/mol. The number of aromatic nitrogens is 1. The van der Waals surface area contributed by atoms with Gasteiger partial charge in [-0.2, -0.15) is 0 Å². The number of aldehydes is 1. The van der Waals surface area contributed by atoms with Crippen LogP contribution in [0.2, 0.25) is 0 Å². The Hall–Kier alpha value is -1.62. The van der Waals surface area contributed by atoms with E-state index in [1.807, 2.05) is 16.8 Å². The van der Waals surface area contributed by atoms with E-state index in [0.717, 1.165) is 19.1 Å². The predicted octanol–water partition coefficient (Wildman–Crippen LogP) is 0.883. The zero-order valence-corrected chi connectivity index (χ0v) is 9.00. The molecule has 1 rings (SSSR count). The number of carbonyl (C=O) groups excluding carboxylic acids is 1. The second-order valence-corrected chi connectivity index (χ2v) is 3.68. The van der Waals surface area contributed by atoms with E-state index in [1.54, 1.807) is 6.07 Å². The van der Waals surface area contributed by atoms with Gasteiger partial charge in [-0.3, -0.25) is 9.59 Å². The smallest absolute Gasteiger partial charge is 0.320 e. The molecule has 16 heavy (non-hydrogen) atoms. The first-order valence-electron chi connectivity index (χ1n) is 5.24. The minimum absolute atomic E-state index is 0.465. The summed E-state index contributed by atoms with van der Waals surface area (Å²) in [6, 6.07) is 2.78. The van der Waals surface area contributed by atoms with Gasteiger partial charge in [0.1, 0.15) is 6.04 Å². The zero-order chi connectivity index (χ0) is 12.0. The topological polar surface area (TPSA) is 85.3 Å². The van der Waals surface area contributed by atoms with Crippen molar-refractivity contribution in [1.29, 1.82) is 0 Å². The van der Waals surface area contributed by atoms with Crippen molar-refractivity contribution in [3.8, 4) is 0 Å². The Balaban J connectivity index is 2.26. The molecule has 5 heteroatoms. The maximum absolute atomic E-state index is 10.6. The summed E-state index contributed by atoms with van der Waals surface area (Å²) in [6.07, 6.45) is 4.66. The fourth-order valence-corrected chi connectivity index (χ4v) is 1.51. The van der Waals surface area contributed by atoms with E-state index in [4.69, 9.17) is 10.8 Å². The van der Waals surface area contributed by atoms with Gasteiger partial charge >= 0.3 is 5.97 Å². The van der Waals surface area contributed by atoms with Crippen LogP contribution in [0.5, 0.6) is 0 Å². The lowest BCUT2D eigenvalue weighted by Crippen LogP contribution is -2.29. The quantitative estimate of drug-likeness (QED) is 0.532. The molecule has 1 aromatic heterocycles. The molecule has 0 radical (unpaired) electrons. The number of unbranched alkanes of at least 4 members (excludes halogenated alkanes) is 1. The molecule has 0 saturated carbocycles. The average Bonchev–Trinajstić information content (AvgIpc) is 2.71. The van der Waals surface area contributed by atoms with Gasteiger partial charge in [0, 0.05) is 12.7 Å². The van der Waals surface area contributed by atoms with Gasteiger partial charge in [-0.1, -0.05) is 0 Å². The number of hydrogen-bond donors (Lipinski definition) is 2. The summed E-state index contributed by atoms with van der Waals surface area (Å²) in [4.78, 5) is 21.0. The fraction of sp³-hybridized carbons (Fsp3) is 0.455. The second-order valence-electron chi connectivity index (χ2n) is 3.68. The number of hydrogen-bond acceptors (Lipinski definition) is 3. The van der Waals surface area contributed by atoms with Crippen LogP contribution in [0.4, 0.5) is 0 Å². The Morgan fingerprint density at radius 2 is 2.31 bits per heavy atom. The van der Waals surface area contributed by atoms with Crippen molar-refractivity contribution >= 4 is 12.3 Å². The van der Waals surface area contributed by atoms with Crippen LogP contribution in [-0.2, 0) is 11.3 Å². The van der Waals surface area contributed by atoms with Gasteiger partial charge in [0.2, 0.25) is 0 Å². The van der Waals surface area contributed by atoms with E-state index >= 15 is 0 Å². The van der Waals surface area contributed by atoms with Crippen LogP contribution in [0.1, 0.15) is 29.8 Å². The number of rotatable bonds is 7. The Labute approximate surface area is 93.9 Å². The van der Waals surface area contributed by atoms with E-state index in [0.29, 0.717) is 18.7 Å². The molecule has 1 aromatic rings. The number of carboxylic acids is 1. The molecule has 1 atom stereocenters.